The lowest BCUT2D eigenvalue weighted by Gasteiger charge is -2.38. The summed E-state index contributed by atoms with van der Waals surface area (Å²) in [5.74, 6) is 1.46. The van der Waals surface area contributed by atoms with Gasteiger partial charge in [0, 0.05) is 52.2 Å². The van der Waals surface area contributed by atoms with Gasteiger partial charge in [-0.3, -0.25) is 19.3 Å². The van der Waals surface area contributed by atoms with Crippen LogP contribution in [0.15, 0.2) is 22.8 Å². The van der Waals surface area contributed by atoms with Gasteiger partial charge in [0.05, 0.1) is 12.8 Å². The Labute approximate surface area is 178 Å². The summed E-state index contributed by atoms with van der Waals surface area (Å²) in [6, 6.07) is 3.27. The smallest absolute Gasteiger partial charge is 0.286 e. The second-order valence-corrected chi connectivity index (χ2v) is 8.74. The minimum Gasteiger partial charge on any atom is -0.459 e. The highest BCUT2D eigenvalue weighted by molar-refractivity contribution is 5.91. The van der Waals surface area contributed by atoms with Gasteiger partial charge in [-0.05, 0) is 36.8 Å². The molecule has 8 nitrogen and oxygen atoms in total. The van der Waals surface area contributed by atoms with E-state index in [2.05, 4.69) is 24.1 Å². The molecular formula is C22H34N4O4. The zero-order valence-corrected chi connectivity index (χ0v) is 18.1. The molecule has 2 aliphatic heterocycles. The topological polar surface area (TPSA) is 86.1 Å². The molecule has 8 heteroatoms. The fraction of sp³-hybridized carbons (Fsp3) is 0.682. The molecule has 2 aliphatic rings. The van der Waals surface area contributed by atoms with E-state index in [1.165, 1.54) is 12.7 Å². The van der Waals surface area contributed by atoms with E-state index in [0.29, 0.717) is 50.9 Å². The van der Waals surface area contributed by atoms with Gasteiger partial charge in [-0.15, -0.1) is 0 Å². The highest BCUT2D eigenvalue weighted by atomic mass is 16.3. The Kier molecular flexibility index (Phi) is 7.90. The molecule has 1 N–H and O–H groups in total. The molecule has 0 spiro atoms. The summed E-state index contributed by atoms with van der Waals surface area (Å²) in [5, 5.41) is 2.76. The maximum absolute atomic E-state index is 12.7. The molecule has 1 aromatic rings. The minimum atomic E-state index is -0.261. The average Bonchev–Trinajstić information content (AvgIpc) is 3.25. The van der Waals surface area contributed by atoms with Crippen molar-refractivity contribution in [3.05, 3.63) is 24.2 Å². The molecule has 166 valence electrons. The zero-order valence-electron chi connectivity index (χ0n) is 18.1. The van der Waals surface area contributed by atoms with Crippen LogP contribution in [0, 0.1) is 11.8 Å². The van der Waals surface area contributed by atoms with Crippen molar-refractivity contribution in [2.75, 3.05) is 52.4 Å². The van der Waals surface area contributed by atoms with E-state index in [9.17, 15) is 14.4 Å². The maximum Gasteiger partial charge on any atom is 0.286 e. The molecule has 0 radical (unpaired) electrons. The van der Waals surface area contributed by atoms with Gasteiger partial charge in [-0.1, -0.05) is 13.8 Å². The molecule has 3 rings (SSSR count). The van der Waals surface area contributed by atoms with E-state index in [1.54, 1.807) is 12.1 Å². The lowest BCUT2D eigenvalue weighted by atomic mass is 9.92. The third kappa shape index (κ3) is 6.32. The zero-order chi connectivity index (χ0) is 21.5. The Hall–Kier alpha value is -2.35. The van der Waals surface area contributed by atoms with Crippen molar-refractivity contribution in [1.82, 2.24) is 20.0 Å². The highest BCUT2D eigenvalue weighted by Crippen LogP contribution is 2.21. The molecule has 2 atom stereocenters. The third-order valence-electron chi connectivity index (χ3n) is 5.90. The van der Waals surface area contributed by atoms with Crippen molar-refractivity contribution < 1.29 is 18.8 Å². The number of nitrogens with zero attached hydrogens (tertiary/aromatic N) is 3. The number of amides is 3. The van der Waals surface area contributed by atoms with Gasteiger partial charge in [0.2, 0.25) is 11.8 Å². The van der Waals surface area contributed by atoms with Gasteiger partial charge in [0.15, 0.2) is 5.76 Å². The lowest BCUT2D eigenvalue weighted by molar-refractivity contribution is -0.136. The lowest BCUT2D eigenvalue weighted by Crippen LogP contribution is -2.53. The summed E-state index contributed by atoms with van der Waals surface area (Å²) in [5.41, 5.74) is 0. The number of piperazine rings is 1. The minimum absolute atomic E-state index is 0.104. The number of hydrogen-bond acceptors (Lipinski definition) is 5. The van der Waals surface area contributed by atoms with Gasteiger partial charge in [-0.2, -0.15) is 0 Å². The van der Waals surface area contributed by atoms with Crippen LogP contribution in [0.25, 0.3) is 0 Å². The monoisotopic (exact) mass is 418 g/mol. The Morgan fingerprint density at radius 3 is 2.37 bits per heavy atom. The number of rotatable bonds is 7. The van der Waals surface area contributed by atoms with Gasteiger partial charge in [-0.25, -0.2) is 0 Å². The van der Waals surface area contributed by atoms with Gasteiger partial charge >= 0.3 is 0 Å². The van der Waals surface area contributed by atoms with Crippen LogP contribution in [0.2, 0.25) is 0 Å². The van der Waals surface area contributed by atoms with Crippen LogP contribution in [0.4, 0.5) is 0 Å². The van der Waals surface area contributed by atoms with E-state index in [1.807, 2.05) is 9.80 Å². The van der Waals surface area contributed by atoms with Crippen molar-refractivity contribution in [3.8, 4) is 0 Å². The molecule has 2 unspecified atom stereocenters. The summed E-state index contributed by atoms with van der Waals surface area (Å²) in [4.78, 5) is 42.9. The summed E-state index contributed by atoms with van der Waals surface area (Å²) in [6.07, 6.45) is 3.65. The summed E-state index contributed by atoms with van der Waals surface area (Å²) < 4.78 is 5.04. The number of nitrogens with one attached hydrogen (secondary N) is 1. The summed E-state index contributed by atoms with van der Waals surface area (Å²) in [6.45, 7) is 9.78. The molecule has 0 aromatic carbocycles. The van der Waals surface area contributed by atoms with Crippen LogP contribution in [-0.2, 0) is 9.59 Å². The number of carbonyl (C=O) groups is 3. The van der Waals surface area contributed by atoms with Crippen LogP contribution in [-0.4, -0.2) is 84.8 Å². The first-order valence-electron chi connectivity index (χ1n) is 11.0. The number of piperidine rings is 1. The fourth-order valence-corrected chi connectivity index (χ4v) is 4.41. The normalized spacial score (nSPS) is 22.7. The van der Waals surface area contributed by atoms with Crippen LogP contribution >= 0.6 is 0 Å². The Morgan fingerprint density at radius 2 is 1.73 bits per heavy atom. The summed E-state index contributed by atoms with van der Waals surface area (Å²) in [7, 11) is 0. The van der Waals surface area contributed by atoms with E-state index in [-0.39, 0.29) is 23.5 Å². The van der Waals surface area contributed by atoms with E-state index < -0.39 is 0 Å². The predicted molar refractivity (Wildman–Crippen MR) is 113 cm³/mol. The van der Waals surface area contributed by atoms with Crippen LogP contribution in [0.5, 0.6) is 0 Å². The van der Waals surface area contributed by atoms with Crippen molar-refractivity contribution in [3.63, 3.8) is 0 Å². The number of hydrogen-bond donors (Lipinski definition) is 1. The SMILES string of the molecule is CC1CC(C)CN(C(=O)CN2CCN(C(=O)CCCNC(=O)c3ccco3)CC2)C1. The van der Waals surface area contributed by atoms with Gasteiger partial charge in [0.25, 0.3) is 5.91 Å². The number of likely N-dealkylation sites (tertiary alicyclic amines) is 1. The Bertz CT molecular complexity index is 703. The van der Waals surface area contributed by atoms with Crippen LogP contribution < -0.4 is 5.32 Å². The van der Waals surface area contributed by atoms with Gasteiger partial charge in [0.1, 0.15) is 0 Å². The molecule has 0 aliphatic carbocycles. The average molecular weight is 419 g/mol. The molecule has 2 fully saturated rings. The first-order chi connectivity index (χ1) is 14.4. The Balaban J connectivity index is 1.31. The first-order valence-corrected chi connectivity index (χ1v) is 11.0. The molecular weight excluding hydrogens is 384 g/mol. The number of furan rings is 1. The molecule has 0 bridgehead atoms. The Morgan fingerprint density at radius 1 is 1.03 bits per heavy atom. The second kappa shape index (κ2) is 10.6. The van der Waals surface area contributed by atoms with Crippen LogP contribution in [0.3, 0.4) is 0 Å². The largest absolute Gasteiger partial charge is 0.459 e. The molecule has 2 saturated heterocycles. The molecule has 0 saturated carbocycles. The third-order valence-corrected chi connectivity index (χ3v) is 5.90. The highest BCUT2D eigenvalue weighted by Gasteiger charge is 2.28. The quantitative estimate of drug-likeness (QED) is 0.677. The predicted octanol–water partition coefficient (Wildman–Crippen LogP) is 1.44. The van der Waals surface area contributed by atoms with E-state index in [4.69, 9.17) is 4.42 Å². The van der Waals surface area contributed by atoms with Crippen molar-refractivity contribution in [1.29, 1.82) is 0 Å². The van der Waals surface area contributed by atoms with Crippen molar-refractivity contribution >= 4 is 17.7 Å². The molecule has 3 heterocycles. The molecule has 1 aromatic heterocycles. The second-order valence-electron chi connectivity index (χ2n) is 8.74. The van der Waals surface area contributed by atoms with Crippen molar-refractivity contribution in [2.24, 2.45) is 11.8 Å². The maximum atomic E-state index is 12.7. The van der Waals surface area contributed by atoms with E-state index in [0.717, 1.165) is 26.2 Å². The van der Waals surface area contributed by atoms with Crippen molar-refractivity contribution in [2.45, 2.75) is 33.1 Å². The fourth-order valence-electron chi connectivity index (χ4n) is 4.41. The molecule has 30 heavy (non-hydrogen) atoms. The van der Waals surface area contributed by atoms with Crippen LogP contribution in [0.1, 0.15) is 43.7 Å². The summed E-state index contributed by atoms with van der Waals surface area (Å²) >= 11 is 0. The standard InChI is InChI=1S/C22H34N4O4/c1-17-13-18(2)15-26(14-17)21(28)16-24-8-10-25(11-9-24)20(27)6-3-7-23-22(29)19-5-4-12-30-19/h4-5,12,17-18H,3,6-11,13-16H2,1-2H3,(H,23,29). The number of carbonyl (C=O) groups excluding carboxylic acids is 3. The first kappa shape index (κ1) is 22.3. The van der Waals surface area contributed by atoms with E-state index >= 15 is 0 Å². The molecule has 3 amide bonds. The van der Waals surface area contributed by atoms with Gasteiger partial charge < -0.3 is 19.5 Å².